The zero-order chi connectivity index (χ0) is 13.5. The number of aliphatic hydroxyl groups is 1. The minimum absolute atomic E-state index is 0.220. The Balaban J connectivity index is 2.53. The van der Waals surface area contributed by atoms with E-state index in [-0.39, 0.29) is 12.0 Å². The molecule has 0 bridgehead atoms. The molecule has 2 atom stereocenters. The van der Waals surface area contributed by atoms with Crippen LogP contribution in [0.4, 0.5) is 0 Å². The smallest absolute Gasteiger partial charge is 0.236 e. The topological polar surface area (TPSA) is 43.8 Å². The molecule has 1 rings (SSSR count). The summed E-state index contributed by atoms with van der Waals surface area (Å²) >= 11 is 0. The lowest BCUT2D eigenvalue weighted by Crippen LogP contribution is -2.47. The number of likely N-dealkylation sites (tertiary alicyclic amines) is 1. The van der Waals surface area contributed by atoms with Gasteiger partial charge >= 0.3 is 0 Å². The Morgan fingerprint density at radius 1 is 1.39 bits per heavy atom. The third-order valence-corrected chi connectivity index (χ3v) is 3.82. The lowest BCUT2D eigenvalue weighted by molar-refractivity contribution is -0.133. The molecule has 1 amide bonds. The average Bonchev–Trinajstić information content (AvgIpc) is 2.32. The monoisotopic (exact) mass is 256 g/mol. The van der Waals surface area contributed by atoms with Crippen molar-refractivity contribution >= 4 is 5.91 Å². The molecule has 4 heteroatoms. The fourth-order valence-corrected chi connectivity index (χ4v) is 2.78. The second-order valence-electron chi connectivity index (χ2n) is 5.27. The van der Waals surface area contributed by atoms with E-state index in [0.29, 0.717) is 12.6 Å². The molecule has 0 aliphatic carbocycles. The molecule has 18 heavy (non-hydrogen) atoms. The van der Waals surface area contributed by atoms with Crippen molar-refractivity contribution < 1.29 is 9.90 Å². The van der Waals surface area contributed by atoms with Crippen molar-refractivity contribution in [2.75, 3.05) is 26.2 Å². The third kappa shape index (κ3) is 4.58. The molecule has 0 saturated carbocycles. The molecule has 0 aromatic heterocycles. The number of likely N-dealkylation sites (N-methyl/N-ethyl adjacent to an activating group) is 1. The second kappa shape index (κ2) is 7.74. The van der Waals surface area contributed by atoms with Gasteiger partial charge in [-0.05, 0) is 46.6 Å². The summed E-state index contributed by atoms with van der Waals surface area (Å²) in [5.74, 6) is 0.220. The summed E-state index contributed by atoms with van der Waals surface area (Å²) in [5, 5.41) is 9.54. The van der Waals surface area contributed by atoms with E-state index in [4.69, 9.17) is 0 Å². The summed E-state index contributed by atoms with van der Waals surface area (Å²) in [4.78, 5) is 16.3. The van der Waals surface area contributed by atoms with Gasteiger partial charge in [0.1, 0.15) is 0 Å². The molecule has 1 saturated heterocycles. The molecule has 106 valence electrons. The summed E-state index contributed by atoms with van der Waals surface area (Å²) in [6, 6.07) is 0.373. The van der Waals surface area contributed by atoms with Crippen LogP contribution in [0.2, 0.25) is 0 Å². The van der Waals surface area contributed by atoms with Crippen LogP contribution in [0.5, 0.6) is 0 Å². The van der Waals surface area contributed by atoms with Crippen molar-refractivity contribution in [1.82, 2.24) is 9.80 Å². The van der Waals surface area contributed by atoms with E-state index in [9.17, 15) is 9.90 Å². The predicted octanol–water partition coefficient (Wildman–Crippen LogP) is 1.48. The van der Waals surface area contributed by atoms with E-state index in [1.165, 1.54) is 12.8 Å². The van der Waals surface area contributed by atoms with Gasteiger partial charge in [0.15, 0.2) is 0 Å². The van der Waals surface area contributed by atoms with Crippen molar-refractivity contribution in [1.29, 1.82) is 0 Å². The minimum Gasteiger partial charge on any atom is -0.393 e. The summed E-state index contributed by atoms with van der Waals surface area (Å²) in [5.41, 5.74) is 0. The maximum Gasteiger partial charge on any atom is 0.236 e. The highest BCUT2D eigenvalue weighted by Crippen LogP contribution is 2.20. The SMILES string of the molecule is CCN(CC)C(=O)CN1CCCCC1CC(C)O. The van der Waals surface area contributed by atoms with Crippen molar-refractivity contribution in [2.24, 2.45) is 0 Å². The van der Waals surface area contributed by atoms with E-state index in [0.717, 1.165) is 32.5 Å². The van der Waals surface area contributed by atoms with Crippen molar-refractivity contribution in [3.8, 4) is 0 Å². The summed E-state index contributed by atoms with van der Waals surface area (Å²) in [6.07, 6.45) is 4.00. The highest BCUT2D eigenvalue weighted by Gasteiger charge is 2.26. The number of amides is 1. The van der Waals surface area contributed by atoms with Gasteiger partial charge in [-0.1, -0.05) is 6.42 Å². The largest absolute Gasteiger partial charge is 0.393 e. The van der Waals surface area contributed by atoms with Gasteiger partial charge in [0.2, 0.25) is 5.91 Å². The molecule has 2 unspecified atom stereocenters. The van der Waals surface area contributed by atoms with Gasteiger partial charge in [0.25, 0.3) is 0 Å². The number of hydrogen-bond acceptors (Lipinski definition) is 3. The second-order valence-corrected chi connectivity index (χ2v) is 5.27. The molecule has 1 fully saturated rings. The third-order valence-electron chi connectivity index (χ3n) is 3.82. The first-order chi connectivity index (χ1) is 8.58. The van der Waals surface area contributed by atoms with Crippen molar-refractivity contribution in [3.05, 3.63) is 0 Å². The van der Waals surface area contributed by atoms with Crippen LogP contribution < -0.4 is 0 Å². The molecule has 0 aromatic carbocycles. The van der Waals surface area contributed by atoms with E-state index in [1.807, 2.05) is 25.7 Å². The van der Waals surface area contributed by atoms with Crippen LogP contribution in [0, 0.1) is 0 Å². The van der Waals surface area contributed by atoms with E-state index in [1.54, 1.807) is 0 Å². The first-order valence-corrected chi connectivity index (χ1v) is 7.28. The normalized spacial score (nSPS) is 22.8. The first-order valence-electron chi connectivity index (χ1n) is 7.28. The molecule has 1 N–H and O–H groups in total. The molecule has 0 radical (unpaired) electrons. The van der Waals surface area contributed by atoms with E-state index >= 15 is 0 Å². The number of rotatable bonds is 6. The quantitative estimate of drug-likeness (QED) is 0.783. The summed E-state index contributed by atoms with van der Waals surface area (Å²) in [7, 11) is 0. The van der Waals surface area contributed by atoms with Crippen LogP contribution in [-0.2, 0) is 4.79 Å². The zero-order valence-electron chi connectivity index (χ0n) is 12.1. The van der Waals surface area contributed by atoms with Crippen LogP contribution in [0.15, 0.2) is 0 Å². The molecule has 1 aliphatic rings. The van der Waals surface area contributed by atoms with Crippen molar-refractivity contribution in [2.45, 2.75) is 58.6 Å². The molecule has 1 heterocycles. The van der Waals surface area contributed by atoms with Gasteiger partial charge in [-0.3, -0.25) is 9.69 Å². The molecule has 4 nitrogen and oxygen atoms in total. The molecular formula is C14H28N2O2. The van der Waals surface area contributed by atoms with Gasteiger partial charge in [-0.15, -0.1) is 0 Å². The maximum atomic E-state index is 12.1. The zero-order valence-corrected chi connectivity index (χ0v) is 12.1. The number of aliphatic hydroxyl groups excluding tert-OH is 1. The van der Waals surface area contributed by atoms with Gasteiger partial charge in [-0.2, -0.15) is 0 Å². The fourth-order valence-electron chi connectivity index (χ4n) is 2.78. The predicted molar refractivity (Wildman–Crippen MR) is 73.4 cm³/mol. The van der Waals surface area contributed by atoms with Gasteiger partial charge in [0.05, 0.1) is 12.6 Å². The van der Waals surface area contributed by atoms with Gasteiger partial charge in [0, 0.05) is 19.1 Å². The van der Waals surface area contributed by atoms with Gasteiger partial charge in [-0.25, -0.2) is 0 Å². The molecule has 0 aromatic rings. The fraction of sp³-hybridized carbons (Fsp3) is 0.929. The van der Waals surface area contributed by atoms with Gasteiger partial charge < -0.3 is 10.0 Å². The number of hydrogen-bond donors (Lipinski definition) is 1. The van der Waals surface area contributed by atoms with Crippen LogP contribution in [0.3, 0.4) is 0 Å². The molecule has 1 aliphatic heterocycles. The van der Waals surface area contributed by atoms with Crippen LogP contribution in [-0.4, -0.2) is 59.1 Å². The first kappa shape index (κ1) is 15.4. The number of nitrogens with zero attached hydrogens (tertiary/aromatic N) is 2. The highest BCUT2D eigenvalue weighted by atomic mass is 16.3. The number of carbonyl (C=O) groups is 1. The Morgan fingerprint density at radius 3 is 2.61 bits per heavy atom. The Hall–Kier alpha value is -0.610. The number of carbonyl (C=O) groups excluding carboxylic acids is 1. The lowest BCUT2D eigenvalue weighted by Gasteiger charge is -2.37. The van der Waals surface area contributed by atoms with Crippen LogP contribution in [0.1, 0.15) is 46.5 Å². The standard InChI is InChI=1S/C14H28N2O2/c1-4-15(5-2)14(18)11-16-9-7-6-8-13(16)10-12(3)17/h12-13,17H,4-11H2,1-3H3. The van der Waals surface area contributed by atoms with E-state index < -0.39 is 0 Å². The molecular weight excluding hydrogens is 228 g/mol. The highest BCUT2D eigenvalue weighted by molar-refractivity contribution is 5.78. The van der Waals surface area contributed by atoms with Crippen LogP contribution >= 0.6 is 0 Å². The Labute approximate surface area is 111 Å². The average molecular weight is 256 g/mol. The maximum absolute atomic E-state index is 12.1. The minimum atomic E-state index is -0.279. The Morgan fingerprint density at radius 2 is 2.06 bits per heavy atom. The van der Waals surface area contributed by atoms with Crippen molar-refractivity contribution in [3.63, 3.8) is 0 Å². The number of piperidine rings is 1. The van der Waals surface area contributed by atoms with Crippen LogP contribution in [0.25, 0.3) is 0 Å². The summed E-state index contributed by atoms with van der Waals surface area (Å²) < 4.78 is 0. The Kier molecular flexibility index (Phi) is 6.65. The Bertz CT molecular complexity index is 252. The summed E-state index contributed by atoms with van der Waals surface area (Å²) in [6.45, 7) is 8.94. The molecule has 0 spiro atoms. The lowest BCUT2D eigenvalue weighted by atomic mass is 9.97. The van der Waals surface area contributed by atoms with E-state index in [2.05, 4.69) is 4.90 Å².